The second kappa shape index (κ2) is 9.84. The molecule has 2 aromatic rings. The van der Waals surface area contributed by atoms with E-state index in [1.807, 2.05) is 5.16 Å². The molecule has 0 saturated carbocycles. The Hall–Kier alpha value is -0.542. The normalized spacial score (nSPS) is 19.3. The molecular weight excluding hydrogens is 505 g/mol. The Morgan fingerprint density at radius 1 is 0.727 bits per heavy atom. The van der Waals surface area contributed by atoms with E-state index in [2.05, 4.69) is 114 Å². The van der Waals surface area contributed by atoms with Crippen molar-refractivity contribution in [1.29, 1.82) is 0 Å². The second-order valence-corrected chi connectivity index (χ2v) is 31.5. The zero-order valence-corrected chi connectivity index (χ0v) is 27.0. The maximum atomic E-state index is 2.61. The van der Waals surface area contributed by atoms with Crippen LogP contribution >= 0.6 is 0 Å². The van der Waals surface area contributed by atoms with Gasteiger partial charge in [-0.3, -0.25) is 0 Å². The van der Waals surface area contributed by atoms with Crippen molar-refractivity contribution >= 4 is 28.3 Å². The number of hydrogen-bond acceptors (Lipinski definition) is 0. The van der Waals surface area contributed by atoms with Crippen molar-refractivity contribution < 1.29 is 27.4 Å². The summed E-state index contributed by atoms with van der Waals surface area (Å²) in [5, 5.41) is 2.01. The van der Waals surface area contributed by atoms with E-state index < -0.39 is 43.6 Å². The first kappa shape index (κ1) is 25.5. The van der Waals surface area contributed by atoms with Crippen LogP contribution < -0.4 is 0 Å². The van der Waals surface area contributed by atoms with E-state index in [1.165, 1.54) is 38.3 Å². The number of allylic oxidation sites excluding steroid dienone is 2. The molecule has 0 nitrogen and oxygen atoms in total. The number of rotatable bonds is 8. The van der Waals surface area contributed by atoms with Gasteiger partial charge in [0.2, 0.25) is 0 Å². The third-order valence-corrected chi connectivity index (χ3v) is 26.5. The van der Waals surface area contributed by atoms with Crippen LogP contribution in [-0.4, -0.2) is 16.1 Å². The Morgan fingerprint density at radius 3 is 1.61 bits per heavy atom. The van der Waals surface area contributed by atoms with Crippen LogP contribution in [0.4, 0.5) is 0 Å². The zero-order valence-electron chi connectivity index (χ0n) is 22.1. The third kappa shape index (κ3) is 5.66. The van der Waals surface area contributed by atoms with Crippen LogP contribution in [0.1, 0.15) is 51.7 Å². The van der Waals surface area contributed by atoms with Gasteiger partial charge >= 0.3 is 217 Å². The molecule has 0 N–H and O–H groups in total. The Morgan fingerprint density at radius 2 is 1.18 bits per heavy atom. The van der Waals surface area contributed by atoms with Crippen LogP contribution in [0, 0.1) is 19.0 Å². The van der Waals surface area contributed by atoms with E-state index in [1.54, 1.807) is 11.1 Å². The first-order valence-electron chi connectivity index (χ1n) is 12.9. The van der Waals surface area contributed by atoms with E-state index in [4.69, 9.17) is 0 Å². The average molecular weight is 548 g/mol. The summed E-state index contributed by atoms with van der Waals surface area (Å²) in [6, 6.07) is 14.3. The molecule has 0 amide bonds. The molecule has 0 saturated heterocycles. The molecule has 0 aromatic heterocycles. The van der Waals surface area contributed by atoms with Gasteiger partial charge in [-0.05, 0) is 0 Å². The maximum absolute atomic E-state index is 2.61. The standard InChI is InChI=1S/C10H24Si2.2C10H9.Y/c1-8-9-10(11(2,3)4)12(5,6)7;2*1-8-5-6-9-3-2-4-10(9)7-8;/h1,8-9H2,2-7H3;2*2-7H,1H3;. The first-order chi connectivity index (χ1) is 15.4. The third-order valence-electron chi connectivity index (χ3n) is 7.87. The van der Waals surface area contributed by atoms with E-state index in [9.17, 15) is 0 Å². The predicted octanol–water partition coefficient (Wildman–Crippen LogP) is 9.29. The summed E-state index contributed by atoms with van der Waals surface area (Å²) in [7, 11) is -2.43. The zero-order chi connectivity index (χ0) is 24.0. The van der Waals surface area contributed by atoms with E-state index >= 15 is 0 Å². The molecule has 33 heavy (non-hydrogen) atoms. The van der Waals surface area contributed by atoms with Crippen molar-refractivity contribution in [3.05, 3.63) is 87.1 Å². The van der Waals surface area contributed by atoms with Gasteiger partial charge < -0.3 is 0 Å². The van der Waals surface area contributed by atoms with Crippen LogP contribution in [-0.2, 0) is 27.4 Å². The van der Waals surface area contributed by atoms with Gasteiger partial charge in [0.05, 0.1) is 0 Å². The summed E-state index contributed by atoms with van der Waals surface area (Å²) in [6.07, 6.45) is 12.9. The second-order valence-electron chi connectivity index (χ2n) is 12.6. The molecule has 2 aliphatic carbocycles. The van der Waals surface area contributed by atoms with Crippen molar-refractivity contribution in [3.63, 3.8) is 0 Å². The Balaban J connectivity index is 1.63. The molecule has 1 radical (unpaired) electrons. The molecule has 0 heterocycles. The monoisotopic (exact) mass is 547 g/mol. The Kier molecular flexibility index (Phi) is 7.62. The Bertz CT molecular complexity index is 986. The van der Waals surface area contributed by atoms with Crippen LogP contribution in [0.15, 0.2) is 48.6 Å². The molecule has 0 aliphatic heterocycles. The quantitative estimate of drug-likeness (QED) is 0.289. The molecule has 4 rings (SSSR count). The van der Waals surface area contributed by atoms with Crippen LogP contribution in [0.3, 0.4) is 0 Å². The van der Waals surface area contributed by atoms with Gasteiger partial charge in [0.15, 0.2) is 0 Å². The van der Waals surface area contributed by atoms with Crippen molar-refractivity contribution in [2.75, 3.05) is 0 Å². The SMILES string of the molecule is Cc1ccc2c(c1)[CH]([Y]([CH2]CC[C]([Si](C)(C)C)[Si](C)(C)C)[CH]1C=Cc3ccc(C)cc31)C=C2. The summed E-state index contributed by atoms with van der Waals surface area (Å²) in [5.41, 5.74) is 9.08. The van der Waals surface area contributed by atoms with Gasteiger partial charge in [-0.25, -0.2) is 0 Å². The number of fused-ring (bicyclic) bond motifs is 2. The van der Waals surface area contributed by atoms with Crippen molar-refractivity contribution in [2.45, 2.75) is 74.7 Å². The van der Waals surface area contributed by atoms with Gasteiger partial charge in [-0.1, -0.05) is 0 Å². The molecule has 2 aliphatic rings. The summed E-state index contributed by atoms with van der Waals surface area (Å²) in [4.78, 5) is 0. The van der Waals surface area contributed by atoms with Gasteiger partial charge in [0.25, 0.3) is 0 Å². The van der Waals surface area contributed by atoms with Crippen LogP contribution in [0.2, 0.25) is 42.5 Å². The van der Waals surface area contributed by atoms with Gasteiger partial charge in [-0.2, -0.15) is 0 Å². The minimum atomic E-state index is -2.10. The van der Waals surface area contributed by atoms with Gasteiger partial charge in [0.1, 0.15) is 0 Å². The summed E-state index contributed by atoms with van der Waals surface area (Å²) >= 11 is -2.10. The van der Waals surface area contributed by atoms with E-state index in [0.717, 1.165) is 5.46 Å². The average Bonchev–Trinajstić information content (AvgIpc) is 3.30. The molecule has 3 heteroatoms. The number of aryl methyl sites for hydroxylation is 2. The Labute approximate surface area is 215 Å². The fourth-order valence-electron chi connectivity index (χ4n) is 6.61. The van der Waals surface area contributed by atoms with E-state index in [-0.39, 0.29) is 0 Å². The van der Waals surface area contributed by atoms with Crippen molar-refractivity contribution in [1.82, 2.24) is 0 Å². The molecule has 173 valence electrons. The molecule has 2 atom stereocenters. The molecule has 0 fully saturated rings. The van der Waals surface area contributed by atoms with Crippen LogP contribution in [0.25, 0.3) is 12.2 Å². The number of hydrogen-bond donors (Lipinski definition) is 0. The minimum absolute atomic E-state index is 0.727. The number of benzene rings is 2. The molecule has 0 bridgehead atoms. The van der Waals surface area contributed by atoms with Crippen LogP contribution in [0.5, 0.6) is 0 Å². The summed E-state index contributed by atoms with van der Waals surface area (Å²) < 4.78 is 2.96. The molecule has 0 spiro atoms. The van der Waals surface area contributed by atoms with Gasteiger partial charge in [0, 0.05) is 0 Å². The van der Waals surface area contributed by atoms with Gasteiger partial charge in [-0.15, -0.1) is 0 Å². The molecule has 2 aromatic carbocycles. The fraction of sp³-hybridized carbons (Fsp3) is 0.433. The fourth-order valence-corrected chi connectivity index (χ4v) is 27.6. The van der Waals surface area contributed by atoms with E-state index in [0.29, 0.717) is 0 Å². The summed E-state index contributed by atoms with van der Waals surface area (Å²) in [6.45, 7) is 20.0. The molecule has 2 unspecified atom stereocenters. The topological polar surface area (TPSA) is 0 Å². The predicted molar refractivity (Wildman–Crippen MR) is 150 cm³/mol. The van der Waals surface area contributed by atoms with Crippen molar-refractivity contribution in [3.8, 4) is 0 Å². The molecular formula is C30H42Si2Y. The first-order valence-corrected chi connectivity index (χ1v) is 25.2. The summed E-state index contributed by atoms with van der Waals surface area (Å²) in [5.74, 6) is 0. The van der Waals surface area contributed by atoms with Crippen molar-refractivity contribution in [2.24, 2.45) is 0 Å².